The highest BCUT2D eigenvalue weighted by atomic mass is 14.4. The maximum absolute atomic E-state index is 7.48. The summed E-state index contributed by atoms with van der Waals surface area (Å²) in [5.74, 6) is 0. The van der Waals surface area contributed by atoms with Gasteiger partial charge in [0.15, 0.2) is 0 Å². The molecule has 0 aliphatic carbocycles. The fraction of sp³-hybridized carbons (Fsp3) is 0.364. The largest absolute Gasteiger partial charge is 0.305 e. The lowest BCUT2D eigenvalue weighted by Gasteiger charge is -1.97. The van der Waals surface area contributed by atoms with Crippen LogP contribution in [-0.4, -0.2) is 5.71 Å². The van der Waals surface area contributed by atoms with Crippen LogP contribution in [0, 0.1) is 5.41 Å². The van der Waals surface area contributed by atoms with E-state index >= 15 is 0 Å². The summed E-state index contributed by atoms with van der Waals surface area (Å²) in [4.78, 5) is 0. The van der Waals surface area contributed by atoms with E-state index in [1.807, 2.05) is 51.1 Å². The molecule has 1 N–H and O–H groups in total. The van der Waals surface area contributed by atoms with Gasteiger partial charge in [-0.15, -0.1) is 0 Å². The van der Waals surface area contributed by atoms with Gasteiger partial charge in [0.1, 0.15) is 0 Å². The van der Waals surface area contributed by atoms with Crippen molar-refractivity contribution in [2.75, 3.05) is 0 Å². The molecule has 0 heterocycles. The first kappa shape index (κ1) is 10.9. The molecule has 0 fully saturated rings. The van der Waals surface area contributed by atoms with Crippen LogP contribution in [0.5, 0.6) is 0 Å². The predicted octanol–water partition coefficient (Wildman–Crippen LogP) is 3.49. The Kier molecular flexibility index (Phi) is 5.98. The minimum absolute atomic E-state index is 0.709. The van der Waals surface area contributed by atoms with Gasteiger partial charge in [-0.2, -0.15) is 0 Å². The van der Waals surface area contributed by atoms with Gasteiger partial charge in [0.2, 0.25) is 0 Å². The molecule has 1 nitrogen and oxygen atoms in total. The second-order valence-corrected chi connectivity index (χ2v) is 2.20. The number of hydrogen-bond donors (Lipinski definition) is 1. The zero-order chi connectivity index (χ0) is 9.40. The van der Waals surface area contributed by atoms with Crippen molar-refractivity contribution in [3.8, 4) is 0 Å². The fourth-order valence-corrected chi connectivity index (χ4v) is 0.843. The average molecular weight is 163 g/mol. The first-order chi connectivity index (χ1) is 5.84. The topological polar surface area (TPSA) is 23.9 Å². The van der Waals surface area contributed by atoms with Crippen molar-refractivity contribution in [1.82, 2.24) is 0 Å². The van der Waals surface area contributed by atoms with Crippen molar-refractivity contribution in [3.63, 3.8) is 0 Å². The highest BCUT2D eigenvalue weighted by molar-refractivity contribution is 5.97. The molecule has 0 unspecified atom stereocenters. The Morgan fingerprint density at radius 3 is 2.08 bits per heavy atom. The van der Waals surface area contributed by atoms with E-state index in [1.165, 1.54) is 0 Å². The summed E-state index contributed by atoms with van der Waals surface area (Å²) in [7, 11) is 0. The van der Waals surface area contributed by atoms with Gasteiger partial charge in [-0.1, -0.05) is 51.1 Å². The Hall–Kier alpha value is -1.11. The van der Waals surface area contributed by atoms with Gasteiger partial charge in [0.05, 0.1) is 0 Å². The van der Waals surface area contributed by atoms with E-state index < -0.39 is 0 Å². The first-order valence-electron chi connectivity index (χ1n) is 4.47. The third-order valence-corrected chi connectivity index (χ3v) is 1.48. The van der Waals surface area contributed by atoms with Crippen LogP contribution in [0.3, 0.4) is 0 Å². The maximum Gasteiger partial charge on any atom is 0.0383 e. The highest BCUT2D eigenvalue weighted by Gasteiger charge is 1.93. The molecule has 66 valence electrons. The molecule has 0 aliphatic heterocycles. The molecule has 0 spiro atoms. The first-order valence-corrected chi connectivity index (χ1v) is 4.47. The summed E-state index contributed by atoms with van der Waals surface area (Å²) in [6, 6.07) is 9.81. The molecule has 0 bridgehead atoms. The summed E-state index contributed by atoms with van der Waals surface area (Å²) < 4.78 is 0. The van der Waals surface area contributed by atoms with E-state index in [1.54, 1.807) is 0 Å². The summed E-state index contributed by atoms with van der Waals surface area (Å²) in [6.45, 7) is 6.00. The van der Waals surface area contributed by atoms with Gasteiger partial charge in [-0.05, 0) is 12.0 Å². The lowest BCUT2D eigenvalue weighted by atomic mass is 10.1. The smallest absolute Gasteiger partial charge is 0.0383 e. The van der Waals surface area contributed by atoms with E-state index in [2.05, 4.69) is 0 Å². The van der Waals surface area contributed by atoms with Crippen molar-refractivity contribution in [2.45, 2.75) is 27.2 Å². The molecule has 12 heavy (non-hydrogen) atoms. The Morgan fingerprint density at radius 2 is 1.67 bits per heavy atom. The summed E-state index contributed by atoms with van der Waals surface area (Å²) in [6.07, 6.45) is 0.810. The molecule has 0 aromatic heterocycles. The molecular formula is C11H17N. The molecule has 0 amide bonds. The highest BCUT2D eigenvalue weighted by Crippen LogP contribution is 2.01. The predicted molar refractivity (Wildman–Crippen MR) is 54.9 cm³/mol. The molecule has 0 atom stereocenters. The van der Waals surface area contributed by atoms with Crippen molar-refractivity contribution in [3.05, 3.63) is 35.9 Å². The van der Waals surface area contributed by atoms with Crippen molar-refractivity contribution < 1.29 is 0 Å². The molecule has 0 saturated heterocycles. The Balaban J connectivity index is 0.000000561. The van der Waals surface area contributed by atoms with Gasteiger partial charge in [-0.25, -0.2) is 0 Å². The third-order valence-electron chi connectivity index (χ3n) is 1.48. The summed E-state index contributed by atoms with van der Waals surface area (Å²) in [5, 5.41) is 7.48. The number of rotatable bonds is 2. The maximum atomic E-state index is 7.48. The molecule has 0 radical (unpaired) electrons. The lowest BCUT2D eigenvalue weighted by molar-refractivity contribution is 1.24. The van der Waals surface area contributed by atoms with Gasteiger partial charge < -0.3 is 5.41 Å². The Labute approximate surface area is 74.9 Å². The van der Waals surface area contributed by atoms with Gasteiger partial charge in [-0.3, -0.25) is 0 Å². The molecule has 0 aliphatic rings. The van der Waals surface area contributed by atoms with Gasteiger partial charge in [0, 0.05) is 5.71 Å². The standard InChI is InChI=1S/C9H11N.C2H6/c1-2-9(10)8-6-4-3-5-7-8;1-2/h3-7,10H,2H2,1H3;1-2H3. The number of benzene rings is 1. The minimum Gasteiger partial charge on any atom is -0.305 e. The number of nitrogens with one attached hydrogen (secondary N) is 1. The minimum atomic E-state index is 0.709. The molecule has 1 rings (SSSR count). The third kappa shape index (κ3) is 3.33. The van der Waals surface area contributed by atoms with Crippen molar-refractivity contribution in [1.29, 1.82) is 5.41 Å². The van der Waals surface area contributed by atoms with Crippen LogP contribution < -0.4 is 0 Å². The van der Waals surface area contributed by atoms with E-state index in [9.17, 15) is 0 Å². The van der Waals surface area contributed by atoms with Crippen LogP contribution in [0.1, 0.15) is 32.8 Å². The second-order valence-electron chi connectivity index (χ2n) is 2.20. The second kappa shape index (κ2) is 6.59. The summed E-state index contributed by atoms with van der Waals surface area (Å²) >= 11 is 0. The van der Waals surface area contributed by atoms with Crippen LogP contribution in [0.2, 0.25) is 0 Å². The number of hydrogen-bond acceptors (Lipinski definition) is 1. The van der Waals surface area contributed by atoms with E-state index in [-0.39, 0.29) is 0 Å². The van der Waals surface area contributed by atoms with Crippen LogP contribution >= 0.6 is 0 Å². The summed E-state index contributed by atoms with van der Waals surface area (Å²) in [5.41, 5.74) is 1.74. The zero-order valence-electron chi connectivity index (χ0n) is 8.09. The monoisotopic (exact) mass is 163 g/mol. The van der Waals surface area contributed by atoms with E-state index in [0.717, 1.165) is 12.0 Å². The van der Waals surface area contributed by atoms with Crippen LogP contribution in [0.15, 0.2) is 30.3 Å². The van der Waals surface area contributed by atoms with Gasteiger partial charge in [0.25, 0.3) is 0 Å². The fourth-order valence-electron chi connectivity index (χ4n) is 0.843. The Morgan fingerprint density at radius 1 is 1.17 bits per heavy atom. The Bertz CT molecular complexity index is 214. The van der Waals surface area contributed by atoms with Crippen LogP contribution in [-0.2, 0) is 0 Å². The SMILES string of the molecule is CC.CCC(=N)c1ccccc1. The van der Waals surface area contributed by atoms with Crippen LogP contribution in [0.25, 0.3) is 0 Å². The lowest BCUT2D eigenvalue weighted by Crippen LogP contribution is -1.94. The molecular weight excluding hydrogens is 146 g/mol. The normalized spacial score (nSPS) is 8.25. The van der Waals surface area contributed by atoms with Crippen molar-refractivity contribution in [2.24, 2.45) is 0 Å². The van der Waals surface area contributed by atoms with E-state index in [4.69, 9.17) is 5.41 Å². The molecule has 1 heteroatoms. The quantitative estimate of drug-likeness (QED) is 0.645. The zero-order valence-corrected chi connectivity index (χ0v) is 8.09. The molecule has 0 saturated carbocycles. The molecule has 1 aromatic rings. The van der Waals surface area contributed by atoms with E-state index in [0.29, 0.717) is 5.71 Å². The average Bonchev–Trinajstić information content (AvgIpc) is 2.21. The molecule has 1 aromatic carbocycles. The van der Waals surface area contributed by atoms with Crippen molar-refractivity contribution >= 4 is 5.71 Å². The van der Waals surface area contributed by atoms with Gasteiger partial charge >= 0.3 is 0 Å². The van der Waals surface area contributed by atoms with Crippen LogP contribution in [0.4, 0.5) is 0 Å².